The molecule has 0 fully saturated rings. The second kappa shape index (κ2) is 5.71. The number of para-hydroxylation sites is 1. The van der Waals surface area contributed by atoms with Gasteiger partial charge in [0.05, 0.1) is 10.2 Å². The number of aromatic nitrogens is 1. The SMILES string of the molecule is NCOC(=O)NC(=S)Nc1nc2ccccc2s1. The molecule has 94 valence electrons. The molecule has 0 atom stereocenters. The van der Waals surface area contributed by atoms with Crippen molar-refractivity contribution in [3.63, 3.8) is 0 Å². The van der Waals surface area contributed by atoms with Gasteiger partial charge < -0.3 is 10.1 Å². The van der Waals surface area contributed by atoms with Gasteiger partial charge in [0.2, 0.25) is 0 Å². The number of thiazole rings is 1. The summed E-state index contributed by atoms with van der Waals surface area (Å²) in [5.74, 6) is 0. The highest BCUT2D eigenvalue weighted by Gasteiger charge is 2.07. The third kappa shape index (κ3) is 3.13. The van der Waals surface area contributed by atoms with E-state index in [1.54, 1.807) is 0 Å². The molecule has 0 aliphatic heterocycles. The third-order valence-corrected chi connectivity index (χ3v) is 3.10. The molecular formula is C10H10N4O2S2. The quantitative estimate of drug-likeness (QED) is 0.573. The topological polar surface area (TPSA) is 89.3 Å². The normalized spacial score (nSPS) is 10.1. The monoisotopic (exact) mass is 282 g/mol. The van der Waals surface area contributed by atoms with Crippen molar-refractivity contribution in [3.8, 4) is 0 Å². The van der Waals surface area contributed by atoms with E-state index in [-0.39, 0.29) is 11.8 Å². The summed E-state index contributed by atoms with van der Waals surface area (Å²) in [6.45, 7) is -0.199. The number of ether oxygens (including phenoxy) is 1. The van der Waals surface area contributed by atoms with E-state index in [1.165, 1.54) is 11.3 Å². The summed E-state index contributed by atoms with van der Waals surface area (Å²) in [6, 6.07) is 7.69. The maximum Gasteiger partial charge on any atom is 0.414 e. The number of carbonyl (C=O) groups excluding carboxylic acids is 1. The predicted octanol–water partition coefficient (Wildman–Crippen LogP) is 1.64. The first kappa shape index (κ1) is 12.7. The number of benzene rings is 1. The molecule has 2 rings (SSSR count). The molecule has 0 spiro atoms. The second-order valence-corrected chi connectivity index (χ2v) is 4.60. The first-order valence-electron chi connectivity index (χ1n) is 4.99. The largest absolute Gasteiger partial charge is 0.434 e. The minimum Gasteiger partial charge on any atom is -0.434 e. The van der Waals surface area contributed by atoms with E-state index in [4.69, 9.17) is 18.0 Å². The fourth-order valence-corrected chi connectivity index (χ4v) is 2.37. The number of nitrogens with zero attached hydrogens (tertiary/aromatic N) is 1. The molecule has 1 aromatic heterocycles. The number of nitrogens with two attached hydrogens (primary N) is 1. The van der Waals surface area contributed by atoms with Crippen molar-refractivity contribution in [2.75, 3.05) is 12.0 Å². The lowest BCUT2D eigenvalue weighted by atomic mass is 10.3. The van der Waals surface area contributed by atoms with Crippen LogP contribution >= 0.6 is 23.6 Å². The van der Waals surface area contributed by atoms with E-state index in [1.807, 2.05) is 24.3 Å². The maximum atomic E-state index is 11.1. The number of thiocarbonyl (C=S) groups is 1. The molecule has 0 unspecified atom stereocenters. The average Bonchev–Trinajstić information content (AvgIpc) is 2.70. The van der Waals surface area contributed by atoms with Crippen molar-refractivity contribution < 1.29 is 9.53 Å². The van der Waals surface area contributed by atoms with Crippen LogP contribution in [0.25, 0.3) is 10.2 Å². The molecule has 1 amide bonds. The van der Waals surface area contributed by atoms with E-state index in [0.29, 0.717) is 5.13 Å². The molecule has 6 nitrogen and oxygen atoms in total. The van der Waals surface area contributed by atoms with E-state index in [9.17, 15) is 4.79 Å². The lowest BCUT2D eigenvalue weighted by molar-refractivity contribution is 0.155. The van der Waals surface area contributed by atoms with E-state index >= 15 is 0 Å². The van der Waals surface area contributed by atoms with Gasteiger partial charge in [-0.15, -0.1) is 0 Å². The zero-order valence-electron chi connectivity index (χ0n) is 9.17. The van der Waals surface area contributed by atoms with Crippen LogP contribution in [0.3, 0.4) is 0 Å². The number of alkyl carbamates (subject to hydrolysis) is 1. The highest BCUT2D eigenvalue weighted by Crippen LogP contribution is 2.25. The Balaban J connectivity index is 2.00. The molecule has 0 aliphatic rings. The van der Waals surface area contributed by atoms with Crippen LogP contribution in [0.1, 0.15) is 0 Å². The Morgan fingerprint density at radius 2 is 2.28 bits per heavy atom. The Hall–Kier alpha value is -1.77. The number of anilines is 1. The lowest BCUT2D eigenvalue weighted by Crippen LogP contribution is -2.35. The average molecular weight is 282 g/mol. The lowest BCUT2D eigenvalue weighted by Gasteiger charge is -2.06. The van der Waals surface area contributed by atoms with Gasteiger partial charge in [0.25, 0.3) is 0 Å². The molecule has 18 heavy (non-hydrogen) atoms. The third-order valence-electron chi connectivity index (χ3n) is 1.94. The Morgan fingerprint density at radius 3 is 3.00 bits per heavy atom. The first-order valence-corrected chi connectivity index (χ1v) is 6.22. The number of carbonyl (C=O) groups is 1. The fraction of sp³-hybridized carbons (Fsp3) is 0.100. The Labute approximate surface area is 112 Å². The van der Waals surface area contributed by atoms with Gasteiger partial charge in [0, 0.05) is 0 Å². The van der Waals surface area contributed by atoms with Gasteiger partial charge in [-0.25, -0.2) is 9.78 Å². The van der Waals surface area contributed by atoms with Crippen LogP contribution in [0.2, 0.25) is 0 Å². The minimum absolute atomic E-state index is 0.118. The van der Waals surface area contributed by atoms with Gasteiger partial charge in [-0.2, -0.15) is 0 Å². The van der Waals surface area contributed by atoms with Gasteiger partial charge in [0.1, 0.15) is 6.73 Å². The summed E-state index contributed by atoms with van der Waals surface area (Å²) in [7, 11) is 0. The summed E-state index contributed by atoms with van der Waals surface area (Å²) < 4.78 is 5.53. The van der Waals surface area contributed by atoms with Gasteiger partial charge >= 0.3 is 6.09 Å². The van der Waals surface area contributed by atoms with Gasteiger partial charge in [-0.1, -0.05) is 23.5 Å². The summed E-state index contributed by atoms with van der Waals surface area (Å²) in [5.41, 5.74) is 5.92. The van der Waals surface area contributed by atoms with Gasteiger partial charge in [-0.3, -0.25) is 11.1 Å². The van der Waals surface area contributed by atoms with Crippen molar-refractivity contribution >= 4 is 50.1 Å². The summed E-state index contributed by atoms with van der Waals surface area (Å²) >= 11 is 6.37. The number of amides is 1. The Kier molecular flexibility index (Phi) is 4.03. The minimum atomic E-state index is -0.698. The Bertz CT molecular complexity index is 551. The summed E-state index contributed by atoms with van der Waals surface area (Å²) in [6.07, 6.45) is -0.698. The van der Waals surface area contributed by atoms with Crippen molar-refractivity contribution in [1.29, 1.82) is 0 Å². The molecule has 0 saturated carbocycles. The zero-order chi connectivity index (χ0) is 13.0. The van der Waals surface area contributed by atoms with E-state index < -0.39 is 6.09 Å². The van der Waals surface area contributed by atoms with Crippen LogP contribution in [0.15, 0.2) is 24.3 Å². The van der Waals surface area contributed by atoms with Gasteiger partial charge in [0.15, 0.2) is 10.2 Å². The number of hydrogen-bond donors (Lipinski definition) is 3. The number of fused-ring (bicyclic) bond motifs is 1. The van der Waals surface area contributed by atoms with Crippen LogP contribution in [-0.4, -0.2) is 22.9 Å². The van der Waals surface area contributed by atoms with Crippen molar-refractivity contribution in [1.82, 2.24) is 10.3 Å². The van der Waals surface area contributed by atoms with Gasteiger partial charge in [-0.05, 0) is 24.4 Å². The molecule has 0 radical (unpaired) electrons. The molecule has 0 saturated heterocycles. The van der Waals surface area contributed by atoms with Crippen LogP contribution < -0.4 is 16.4 Å². The first-order chi connectivity index (χ1) is 8.69. The van der Waals surface area contributed by atoms with Crippen molar-refractivity contribution in [2.45, 2.75) is 0 Å². The Morgan fingerprint density at radius 1 is 1.50 bits per heavy atom. The molecule has 0 aliphatic carbocycles. The predicted molar refractivity (Wildman–Crippen MR) is 74.5 cm³/mol. The standard InChI is InChI=1S/C10H10N4O2S2/c11-5-16-10(15)14-8(17)13-9-12-6-3-1-2-4-7(6)18-9/h1-4H,5,11H2,(H2,12,13,14,15,17). The van der Waals surface area contributed by atoms with Crippen LogP contribution in [0.5, 0.6) is 0 Å². The fourth-order valence-electron chi connectivity index (χ4n) is 1.26. The second-order valence-electron chi connectivity index (χ2n) is 3.16. The molecule has 8 heteroatoms. The van der Waals surface area contributed by atoms with E-state index in [2.05, 4.69) is 20.4 Å². The highest BCUT2D eigenvalue weighted by atomic mass is 32.1. The highest BCUT2D eigenvalue weighted by molar-refractivity contribution is 7.80. The maximum absolute atomic E-state index is 11.1. The number of nitrogens with one attached hydrogen (secondary N) is 2. The molecule has 0 bridgehead atoms. The number of rotatable bonds is 2. The molecular weight excluding hydrogens is 272 g/mol. The summed E-state index contributed by atoms with van der Waals surface area (Å²) in [5, 5.41) is 5.85. The number of hydrogen-bond acceptors (Lipinski definition) is 6. The molecule has 4 N–H and O–H groups in total. The van der Waals surface area contributed by atoms with Crippen molar-refractivity contribution in [2.24, 2.45) is 5.73 Å². The summed E-state index contributed by atoms with van der Waals surface area (Å²) in [4.78, 5) is 15.4. The van der Waals surface area contributed by atoms with Crippen LogP contribution in [0, 0.1) is 0 Å². The smallest absolute Gasteiger partial charge is 0.414 e. The van der Waals surface area contributed by atoms with Crippen LogP contribution in [-0.2, 0) is 4.74 Å². The molecule has 1 aromatic carbocycles. The zero-order valence-corrected chi connectivity index (χ0v) is 10.8. The van der Waals surface area contributed by atoms with E-state index in [0.717, 1.165) is 10.2 Å². The molecule has 2 aromatic rings. The van der Waals surface area contributed by atoms with Crippen molar-refractivity contribution in [3.05, 3.63) is 24.3 Å². The van der Waals surface area contributed by atoms with Crippen LogP contribution in [0.4, 0.5) is 9.93 Å². The molecule has 1 heterocycles.